The van der Waals surface area contributed by atoms with Crippen molar-refractivity contribution < 1.29 is 9.47 Å². The summed E-state index contributed by atoms with van der Waals surface area (Å²) in [5.74, 6) is 0. The molecule has 5 nitrogen and oxygen atoms in total. The molecule has 1 N–H and O–H groups in total. The van der Waals surface area contributed by atoms with E-state index in [1.807, 2.05) is 0 Å². The Balaban J connectivity index is 1.78. The van der Waals surface area contributed by atoms with Crippen LogP contribution in [0.25, 0.3) is 0 Å². The van der Waals surface area contributed by atoms with Crippen molar-refractivity contribution in [2.24, 2.45) is 0 Å². The van der Waals surface area contributed by atoms with Crippen molar-refractivity contribution in [3.8, 4) is 0 Å². The van der Waals surface area contributed by atoms with Crippen LogP contribution in [0.2, 0.25) is 0 Å². The summed E-state index contributed by atoms with van der Waals surface area (Å²) in [4.78, 5) is 4.83. The van der Waals surface area contributed by atoms with Crippen molar-refractivity contribution in [3.63, 3.8) is 0 Å². The van der Waals surface area contributed by atoms with Crippen LogP contribution < -0.4 is 5.32 Å². The molecule has 108 valence electrons. The van der Waals surface area contributed by atoms with Gasteiger partial charge in [0.2, 0.25) is 0 Å². The lowest BCUT2D eigenvalue weighted by atomic mass is 10.3. The van der Waals surface area contributed by atoms with Crippen molar-refractivity contribution in [1.29, 1.82) is 0 Å². The van der Waals surface area contributed by atoms with Gasteiger partial charge in [0.1, 0.15) is 0 Å². The van der Waals surface area contributed by atoms with Crippen molar-refractivity contribution in [1.82, 2.24) is 15.1 Å². The van der Waals surface area contributed by atoms with Gasteiger partial charge in [-0.1, -0.05) is 6.92 Å². The van der Waals surface area contributed by atoms with Crippen LogP contribution in [0.1, 0.15) is 6.92 Å². The number of hydrogen-bond donors (Lipinski definition) is 1. The number of hydrogen-bond acceptors (Lipinski definition) is 5. The van der Waals surface area contributed by atoms with Gasteiger partial charge in [0.05, 0.1) is 26.4 Å². The molecule has 5 heteroatoms. The Bertz CT molecular complexity index is 185. The maximum atomic E-state index is 5.57. The zero-order chi connectivity index (χ0) is 13.1. The molecular weight excluding hydrogens is 230 g/mol. The van der Waals surface area contributed by atoms with Crippen LogP contribution in [-0.2, 0) is 9.47 Å². The van der Waals surface area contributed by atoms with E-state index in [0.29, 0.717) is 13.2 Å². The summed E-state index contributed by atoms with van der Waals surface area (Å²) in [5.41, 5.74) is 0. The molecule has 0 aromatic rings. The van der Waals surface area contributed by atoms with Crippen LogP contribution >= 0.6 is 0 Å². The zero-order valence-electron chi connectivity index (χ0n) is 12.0. The van der Waals surface area contributed by atoms with Gasteiger partial charge in [0, 0.05) is 39.3 Å². The van der Waals surface area contributed by atoms with E-state index in [1.165, 1.54) is 26.2 Å². The van der Waals surface area contributed by atoms with Crippen LogP contribution in [0.3, 0.4) is 0 Å². The molecule has 1 fully saturated rings. The van der Waals surface area contributed by atoms with Crippen LogP contribution in [0.15, 0.2) is 0 Å². The quantitative estimate of drug-likeness (QED) is 0.554. The van der Waals surface area contributed by atoms with Crippen molar-refractivity contribution in [2.75, 3.05) is 79.3 Å². The molecule has 0 bridgehead atoms. The summed E-state index contributed by atoms with van der Waals surface area (Å²) in [6, 6.07) is 0. The molecule has 0 aromatic heterocycles. The SMILES string of the molecule is CCNCCOCCOCCN1CCN(C)CC1. The van der Waals surface area contributed by atoms with Crippen molar-refractivity contribution in [3.05, 3.63) is 0 Å². The summed E-state index contributed by atoms with van der Waals surface area (Å²) < 4.78 is 11.0. The minimum Gasteiger partial charge on any atom is -0.378 e. The molecular formula is C13H29N3O2. The van der Waals surface area contributed by atoms with Crippen molar-refractivity contribution >= 4 is 0 Å². The summed E-state index contributed by atoms with van der Waals surface area (Å²) in [5, 5.41) is 3.22. The van der Waals surface area contributed by atoms with Gasteiger partial charge >= 0.3 is 0 Å². The third-order valence-electron chi connectivity index (χ3n) is 3.19. The molecule has 0 unspecified atom stereocenters. The Hall–Kier alpha value is -0.200. The van der Waals surface area contributed by atoms with Crippen LogP contribution in [0.4, 0.5) is 0 Å². The second kappa shape index (κ2) is 10.7. The fraction of sp³-hybridized carbons (Fsp3) is 1.00. The first-order valence-corrected chi connectivity index (χ1v) is 7.10. The highest BCUT2D eigenvalue weighted by molar-refractivity contribution is 4.68. The molecule has 0 spiro atoms. The smallest absolute Gasteiger partial charge is 0.0701 e. The first-order valence-electron chi connectivity index (χ1n) is 7.10. The summed E-state index contributed by atoms with van der Waals surface area (Å²) in [6.45, 7) is 12.8. The Morgan fingerprint density at radius 1 is 0.944 bits per heavy atom. The Labute approximate surface area is 111 Å². The van der Waals surface area contributed by atoms with E-state index in [4.69, 9.17) is 9.47 Å². The molecule has 1 aliphatic heterocycles. The van der Waals surface area contributed by atoms with Gasteiger partial charge < -0.3 is 19.7 Å². The minimum atomic E-state index is 0.703. The third-order valence-corrected chi connectivity index (χ3v) is 3.19. The van der Waals surface area contributed by atoms with Gasteiger partial charge in [-0.25, -0.2) is 0 Å². The Morgan fingerprint density at radius 3 is 2.28 bits per heavy atom. The average Bonchev–Trinajstić information content (AvgIpc) is 2.39. The van der Waals surface area contributed by atoms with Gasteiger partial charge in [-0.3, -0.25) is 4.90 Å². The molecule has 1 rings (SSSR count). The molecule has 18 heavy (non-hydrogen) atoms. The maximum Gasteiger partial charge on any atom is 0.0701 e. The molecule has 0 radical (unpaired) electrons. The fourth-order valence-corrected chi connectivity index (χ4v) is 1.91. The van der Waals surface area contributed by atoms with E-state index in [-0.39, 0.29) is 0 Å². The van der Waals surface area contributed by atoms with Gasteiger partial charge in [-0.05, 0) is 13.6 Å². The van der Waals surface area contributed by atoms with Crippen molar-refractivity contribution in [2.45, 2.75) is 6.92 Å². The number of piperazine rings is 1. The van der Waals surface area contributed by atoms with E-state index in [2.05, 4.69) is 29.1 Å². The lowest BCUT2D eigenvalue weighted by Crippen LogP contribution is -2.45. The Kier molecular flexibility index (Phi) is 9.42. The summed E-state index contributed by atoms with van der Waals surface area (Å²) >= 11 is 0. The molecule has 0 amide bonds. The molecule has 1 heterocycles. The predicted octanol–water partition coefficient (Wildman–Crippen LogP) is -0.123. The zero-order valence-corrected chi connectivity index (χ0v) is 12.0. The first-order chi connectivity index (χ1) is 8.83. The molecule has 1 aliphatic rings. The number of nitrogens with zero attached hydrogens (tertiary/aromatic N) is 2. The largest absolute Gasteiger partial charge is 0.378 e. The lowest BCUT2D eigenvalue weighted by Gasteiger charge is -2.32. The molecule has 0 atom stereocenters. The first kappa shape index (κ1) is 15.9. The highest BCUT2D eigenvalue weighted by atomic mass is 16.5. The minimum absolute atomic E-state index is 0.703. The van der Waals surface area contributed by atoms with Gasteiger partial charge in [0.15, 0.2) is 0 Å². The second-order valence-electron chi connectivity index (χ2n) is 4.72. The van der Waals surface area contributed by atoms with E-state index in [9.17, 15) is 0 Å². The van der Waals surface area contributed by atoms with E-state index >= 15 is 0 Å². The lowest BCUT2D eigenvalue weighted by molar-refractivity contribution is 0.0341. The van der Waals surface area contributed by atoms with Gasteiger partial charge in [-0.15, -0.1) is 0 Å². The summed E-state index contributed by atoms with van der Waals surface area (Å²) in [6.07, 6.45) is 0. The predicted molar refractivity (Wildman–Crippen MR) is 74.1 cm³/mol. The molecule has 1 saturated heterocycles. The molecule has 0 aliphatic carbocycles. The molecule has 0 saturated carbocycles. The third kappa shape index (κ3) is 8.00. The summed E-state index contributed by atoms with van der Waals surface area (Å²) in [7, 11) is 2.18. The van der Waals surface area contributed by atoms with Gasteiger partial charge in [-0.2, -0.15) is 0 Å². The average molecular weight is 259 g/mol. The monoisotopic (exact) mass is 259 g/mol. The van der Waals surface area contributed by atoms with E-state index < -0.39 is 0 Å². The second-order valence-corrected chi connectivity index (χ2v) is 4.72. The fourth-order valence-electron chi connectivity index (χ4n) is 1.91. The highest BCUT2D eigenvalue weighted by Gasteiger charge is 2.12. The Morgan fingerprint density at radius 2 is 1.61 bits per heavy atom. The normalized spacial score (nSPS) is 18.3. The van der Waals surface area contributed by atoms with E-state index in [1.54, 1.807) is 0 Å². The van der Waals surface area contributed by atoms with Crippen LogP contribution in [-0.4, -0.2) is 89.1 Å². The number of ether oxygens (including phenoxy) is 2. The van der Waals surface area contributed by atoms with Gasteiger partial charge in [0.25, 0.3) is 0 Å². The number of nitrogens with one attached hydrogen (secondary N) is 1. The standard InChI is InChI=1S/C13H29N3O2/c1-3-14-4-10-17-12-13-18-11-9-16-7-5-15(2)6-8-16/h14H,3-13H2,1-2H3. The number of rotatable bonds is 10. The number of likely N-dealkylation sites (N-methyl/N-ethyl adjacent to an activating group) is 2. The molecule has 0 aromatic carbocycles. The van der Waals surface area contributed by atoms with Crippen LogP contribution in [0.5, 0.6) is 0 Å². The van der Waals surface area contributed by atoms with E-state index in [0.717, 1.165) is 32.8 Å². The van der Waals surface area contributed by atoms with Crippen LogP contribution in [0, 0.1) is 0 Å². The topological polar surface area (TPSA) is 37.0 Å². The highest BCUT2D eigenvalue weighted by Crippen LogP contribution is 1.98. The maximum absolute atomic E-state index is 5.57.